The molecule has 0 spiro atoms. The smallest absolute Gasteiger partial charge is 0.420 e. The van der Waals surface area contributed by atoms with Crippen LogP contribution in [0.2, 0.25) is 0 Å². The maximum atomic E-state index is 12.7. The van der Waals surface area contributed by atoms with Crippen molar-refractivity contribution in [2.24, 2.45) is 0 Å². The van der Waals surface area contributed by atoms with Crippen molar-refractivity contribution in [3.05, 3.63) is 29.3 Å². The predicted octanol–water partition coefficient (Wildman–Crippen LogP) is 2.93. The maximum absolute atomic E-state index is 12.7. The summed E-state index contributed by atoms with van der Waals surface area (Å²) >= 11 is 0. The number of hydrogen-bond donors (Lipinski definition) is 0. The Bertz CT molecular complexity index is 503. The number of Topliss-reactive ketones (excluding diaryl/α,β-unsaturated/α-hetero) is 1. The lowest BCUT2D eigenvalue weighted by Crippen LogP contribution is -2.22. The van der Waals surface area contributed by atoms with Crippen molar-refractivity contribution in [3.63, 3.8) is 0 Å². The summed E-state index contributed by atoms with van der Waals surface area (Å²) in [7, 11) is 0. The SMILES string of the molecule is CC(=O)C(C)Oc1ccc(C#N)cc1C(F)(F)F. The summed E-state index contributed by atoms with van der Waals surface area (Å²) in [6.07, 6.45) is -5.61. The first-order valence-corrected chi connectivity index (χ1v) is 5.04. The van der Waals surface area contributed by atoms with Gasteiger partial charge in [0.25, 0.3) is 0 Å². The Hall–Kier alpha value is -2.03. The van der Waals surface area contributed by atoms with Gasteiger partial charge in [-0.25, -0.2) is 0 Å². The lowest BCUT2D eigenvalue weighted by molar-refractivity contribution is -0.140. The number of nitriles is 1. The summed E-state index contributed by atoms with van der Waals surface area (Å²) in [5, 5.41) is 8.58. The van der Waals surface area contributed by atoms with Crippen molar-refractivity contribution in [1.29, 1.82) is 5.26 Å². The van der Waals surface area contributed by atoms with Crippen LogP contribution in [0.1, 0.15) is 25.0 Å². The average molecular weight is 257 g/mol. The standard InChI is InChI=1S/C12H10F3NO2/c1-7(17)8(2)18-11-4-3-9(6-16)5-10(11)12(13,14)15/h3-5,8H,1-2H3. The summed E-state index contributed by atoms with van der Waals surface area (Å²) in [5.41, 5.74) is -1.18. The van der Waals surface area contributed by atoms with Crippen LogP contribution in [0.3, 0.4) is 0 Å². The summed E-state index contributed by atoms with van der Waals surface area (Å²) in [4.78, 5) is 11.0. The van der Waals surface area contributed by atoms with Crippen molar-refractivity contribution in [1.82, 2.24) is 0 Å². The van der Waals surface area contributed by atoms with Gasteiger partial charge in [0, 0.05) is 0 Å². The van der Waals surface area contributed by atoms with E-state index in [0.29, 0.717) is 6.07 Å². The van der Waals surface area contributed by atoms with Crippen molar-refractivity contribution in [2.45, 2.75) is 26.1 Å². The first-order valence-electron chi connectivity index (χ1n) is 5.04. The van der Waals surface area contributed by atoms with Crippen LogP contribution in [-0.4, -0.2) is 11.9 Å². The first kappa shape index (κ1) is 14.0. The van der Waals surface area contributed by atoms with E-state index in [-0.39, 0.29) is 11.3 Å². The van der Waals surface area contributed by atoms with Crippen molar-refractivity contribution in [2.75, 3.05) is 0 Å². The highest BCUT2D eigenvalue weighted by Gasteiger charge is 2.35. The third-order valence-corrected chi connectivity index (χ3v) is 2.29. The van der Waals surface area contributed by atoms with Gasteiger partial charge in [-0.05, 0) is 32.0 Å². The minimum atomic E-state index is -4.64. The molecule has 0 saturated heterocycles. The van der Waals surface area contributed by atoms with Gasteiger partial charge in [-0.2, -0.15) is 18.4 Å². The molecule has 1 aromatic carbocycles. The highest BCUT2D eigenvalue weighted by atomic mass is 19.4. The molecule has 0 bridgehead atoms. The number of ether oxygens (including phenoxy) is 1. The second kappa shape index (κ2) is 5.08. The van der Waals surface area contributed by atoms with Gasteiger partial charge in [0.05, 0.1) is 17.2 Å². The Balaban J connectivity index is 3.20. The number of benzene rings is 1. The number of carbonyl (C=O) groups is 1. The first-order chi connectivity index (χ1) is 8.25. The summed E-state index contributed by atoms with van der Waals surface area (Å²) in [6.45, 7) is 2.59. The Morgan fingerprint density at radius 1 is 1.44 bits per heavy atom. The maximum Gasteiger partial charge on any atom is 0.420 e. The molecule has 1 unspecified atom stereocenters. The Labute approximate surface area is 102 Å². The molecule has 0 heterocycles. The van der Waals surface area contributed by atoms with E-state index in [1.807, 2.05) is 0 Å². The number of hydrogen-bond acceptors (Lipinski definition) is 3. The zero-order chi connectivity index (χ0) is 13.9. The average Bonchev–Trinajstić information content (AvgIpc) is 2.27. The molecule has 0 aliphatic heterocycles. The topological polar surface area (TPSA) is 50.1 Å². The van der Waals surface area contributed by atoms with Crippen LogP contribution in [-0.2, 0) is 11.0 Å². The molecule has 0 saturated carbocycles. The Morgan fingerprint density at radius 2 is 2.06 bits per heavy atom. The van der Waals surface area contributed by atoms with Gasteiger partial charge in [0.2, 0.25) is 0 Å². The number of rotatable bonds is 3. The van der Waals surface area contributed by atoms with Gasteiger partial charge in [0.15, 0.2) is 11.9 Å². The molecule has 0 aliphatic carbocycles. The van der Waals surface area contributed by atoms with E-state index in [1.54, 1.807) is 6.07 Å². The number of carbonyl (C=O) groups excluding carboxylic acids is 1. The molecule has 1 aromatic rings. The summed E-state index contributed by atoms with van der Waals surface area (Å²) in [6, 6.07) is 4.57. The number of ketones is 1. The fourth-order valence-electron chi connectivity index (χ4n) is 1.20. The zero-order valence-electron chi connectivity index (χ0n) is 9.71. The second-order valence-electron chi connectivity index (χ2n) is 3.69. The third-order valence-electron chi connectivity index (χ3n) is 2.29. The molecule has 18 heavy (non-hydrogen) atoms. The van der Waals surface area contributed by atoms with E-state index in [2.05, 4.69) is 0 Å². The highest BCUT2D eigenvalue weighted by Crippen LogP contribution is 2.37. The van der Waals surface area contributed by atoms with Crippen LogP contribution in [0.15, 0.2) is 18.2 Å². The zero-order valence-corrected chi connectivity index (χ0v) is 9.71. The highest BCUT2D eigenvalue weighted by molar-refractivity contribution is 5.80. The molecule has 1 atom stereocenters. The van der Waals surface area contributed by atoms with Gasteiger partial charge in [-0.1, -0.05) is 0 Å². The predicted molar refractivity (Wildman–Crippen MR) is 56.9 cm³/mol. The number of halogens is 3. The molecule has 1 rings (SSSR count). The Kier molecular flexibility index (Phi) is 3.96. The van der Waals surface area contributed by atoms with Gasteiger partial charge in [-0.3, -0.25) is 4.79 Å². The molecule has 0 radical (unpaired) electrons. The van der Waals surface area contributed by atoms with Crippen molar-refractivity contribution in [3.8, 4) is 11.8 Å². The van der Waals surface area contributed by atoms with Gasteiger partial charge in [0.1, 0.15) is 5.75 Å². The van der Waals surface area contributed by atoms with E-state index in [0.717, 1.165) is 6.07 Å². The van der Waals surface area contributed by atoms with Crippen LogP contribution in [0.5, 0.6) is 5.75 Å². The molecular weight excluding hydrogens is 247 g/mol. The lowest BCUT2D eigenvalue weighted by Gasteiger charge is -2.17. The number of nitrogens with zero attached hydrogens (tertiary/aromatic N) is 1. The molecule has 0 N–H and O–H groups in total. The van der Waals surface area contributed by atoms with Crippen LogP contribution in [0.25, 0.3) is 0 Å². The van der Waals surface area contributed by atoms with E-state index >= 15 is 0 Å². The molecule has 6 heteroatoms. The van der Waals surface area contributed by atoms with Gasteiger partial charge in [-0.15, -0.1) is 0 Å². The van der Waals surface area contributed by atoms with Crippen LogP contribution < -0.4 is 4.74 Å². The van der Waals surface area contributed by atoms with Gasteiger partial charge >= 0.3 is 6.18 Å². The van der Waals surface area contributed by atoms with E-state index < -0.39 is 23.6 Å². The molecule has 0 aliphatic rings. The second-order valence-corrected chi connectivity index (χ2v) is 3.69. The van der Waals surface area contributed by atoms with Crippen molar-refractivity contribution >= 4 is 5.78 Å². The fraction of sp³-hybridized carbons (Fsp3) is 0.333. The molecule has 0 aromatic heterocycles. The molecular formula is C12H10F3NO2. The van der Waals surface area contributed by atoms with Crippen LogP contribution in [0.4, 0.5) is 13.2 Å². The minimum Gasteiger partial charge on any atom is -0.482 e. The number of alkyl halides is 3. The van der Waals surface area contributed by atoms with E-state index in [4.69, 9.17) is 10.00 Å². The molecule has 96 valence electrons. The molecule has 3 nitrogen and oxygen atoms in total. The van der Waals surface area contributed by atoms with E-state index in [9.17, 15) is 18.0 Å². The van der Waals surface area contributed by atoms with Crippen LogP contribution >= 0.6 is 0 Å². The fourth-order valence-corrected chi connectivity index (χ4v) is 1.20. The summed E-state index contributed by atoms with van der Waals surface area (Å²) in [5.74, 6) is -0.836. The largest absolute Gasteiger partial charge is 0.482 e. The third kappa shape index (κ3) is 3.23. The minimum absolute atomic E-state index is 0.120. The normalized spacial score (nSPS) is 12.7. The summed E-state index contributed by atoms with van der Waals surface area (Å²) < 4.78 is 43.2. The lowest BCUT2D eigenvalue weighted by atomic mass is 10.1. The Morgan fingerprint density at radius 3 is 2.50 bits per heavy atom. The molecule has 0 fully saturated rings. The molecule has 0 amide bonds. The quantitative estimate of drug-likeness (QED) is 0.836. The van der Waals surface area contributed by atoms with Crippen LogP contribution in [0, 0.1) is 11.3 Å². The van der Waals surface area contributed by atoms with Crippen molar-refractivity contribution < 1.29 is 22.7 Å². The van der Waals surface area contributed by atoms with Gasteiger partial charge < -0.3 is 4.74 Å². The van der Waals surface area contributed by atoms with E-state index in [1.165, 1.54) is 19.9 Å². The monoisotopic (exact) mass is 257 g/mol.